The fourth-order valence-electron chi connectivity index (χ4n) is 1.31. The van der Waals surface area contributed by atoms with Crippen LogP contribution in [0, 0.1) is 0 Å². The second-order valence-electron chi connectivity index (χ2n) is 3.72. The number of nitrogens with zero attached hydrogens (tertiary/aromatic N) is 2. The van der Waals surface area contributed by atoms with Gasteiger partial charge in [-0.3, -0.25) is 0 Å². The molecule has 4 nitrogen and oxygen atoms in total. The Morgan fingerprint density at radius 1 is 1.53 bits per heavy atom. The largest absolute Gasteiger partial charge is 0.334 e. The van der Waals surface area contributed by atoms with Crippen LogP contribution in [0.5, 0.6) is 0 Å². The summed E-state index contributed by atoms with van der Waals surface area (Å²) in [4.78, 5) is 4.31. The maximum Gasteiger partial charge on any atom is 0.259 e. The number of hydrogen-bond donors (Lipinski definition) is 1. The van der Waals surface area contributed by atoms with E-state index >= 15 is 0 Å². The minimum atomic E-state index is 0.0745. The molecule has 1 atom stereocenters. The predicted molar refractivity (Wildman–Crippen MR) is 69.9 cm³/mol. The molecule has 1 aromatic carbocycles. The molecule has 0 aliphatic heterocycles. The van der Waals surface area contributed by atoms with Crippen LogP contribution >= 0.6 is 27.5 Å². The van der Waals surface area contributed by atoms with Gasteiger partial charge in [0.15, 0.2) is 5.82 Å². The van der Waals surface area contributed by atoms with E-state index in [0.717, 1.165) is 10.0 Å². The quantitative estimate of drug-likeness (QED) is 0.944. The van der Waals surface area contributed by atoms with Crippen molar-refractivity contribution in [2.75, 3.05) is 6.54 Å². The molecule has 2 N–H and O–H groups in total. The molecule has 0 aliphatic rings. The van der Waals surface area contributed by atoms with E-state index in [4.69, 9.17) is 21.9 Å². The number of hydrogen-bond acceptors (Lipinski definition) is 4. The molecule has 0 saturated heterocycles. The van der Waals surface area contributed by atoms with Crippen molar-refractivity contribution in [2.24, 2.45) is 5.73 Å². The van der Waals surface area contributed by atoms with Crippen LogP contribution in [0.1, 0.15) is 18.7 Å². The Morgan fingerprint density at radius 2 is 2.29 bits per heavy atom. The minimum absolute atomic E-state index is 0.0745. The molecule has 2 rings (SSSR count). The first-order valence-electron chi connectivity index (χ1n) is 5.11. The second kappa shape index (κ2) is 5.16. The SMILES string of the molecule is CC(CN)c1noc(-c2cc(Cl)ccc2Br)n1. The molecule has 6 heteroatoms. The van der Waals surface area contributed by atoms with E-state index in [9.17, 15) is 0 Å². The van der Waals surface area contributed by atoms with Gasteiger partial charge in [0.2, 0.25) is 0 Å². The normalized spacial score (nSPS) is 12.7. The number of rotatable bonds is 3. The van der Waals surface area contributed by atoms with Crippen molar-refractivity contribution >= 4 is 27.5 Å². The average Bonchev–Trinajstić information content (AvgIpc) is 2.80. The zero-order valence-electron chi connectivity index (χ0n) is 9.15. The fourth-order valence-corrected chi connectivity index (χ4v) is 1.90. The summed E-state index contributed by atoms with van der Waals surface area (Å²) in [6.45, 7) is 2.43. The van der Waals surface area contributed by atoms with Crippen LogP contribution < -0.4 is 5.73 Å². The van der Waals surface area contributed by atoms with Crippen molar-refractivity contribution < 1.29 is 4.52 Å². The highest BCUT2D eigenvalue weighted by molar-refractivity contribution is 9.10. The van der Waals surface area contributed by atoms with Gasteiger partial charge in [0.05, 0.1) is 5.56 Å². The zero-order valence-corrected chi connectivity index (χ0v) is 11.5. The van der Waals surface area contributed by atoms with E-state index in [1.54, 1.807) is 12.1 Å². The molecule has 0 amide bonds. The number of benzene rings is 1. The molecule has 0 fully saturated rings. The monoisotopic (exact) mass is 315 g/mol. The third kappa shape index (κ3) is 2.68. The highest BCUT2D eigenvalue weighted by Crippen LogP contribution is 2.30. The maximum atomic E-state index is 5.93. The summed E-state index contributed by atoms with van der Waals surface area (Å²) in [5, 5.41) is 4.52. The van der Waals surface area contributed by atoms with E-state index in [0.29, 0.717) is 23.3 Å². The summed E-state index contributed by atoms with van der Waals surface area (Å²) < 4.78 is 6.06. The van der Waals surface area contributed by atoms with Crippen LogP contribution in [0.15, 0.2) is 27.2 Å². The lowest BCUT2D eigenvalue weighted by Crippen LogP contribution is -2.10. The summed E-state index contributed by atoms with van der Waals surface area (Å²) in [5.41, 5.74) is 6.33. The molecule has 0 spiro atoms. The van der Waals surface area contributed by atoms with E-state index in [-0.39, 0.29) is 5.92 Å². The van der Waals surface area contributed by atoms with Crippen LogP contribution in [-0.2, 0) is 0 Å². The Hall–Kier alpha value is -0.910. The summed E-state index contributed by atoms with van der Waals surface area (Å²) in [6.07, 6.45) is 0. The highest BCUT2D eigenvalue weighted by atomic mass is 79.9. The maximum absolute atomic E-state index is 5.93. The Balaban J connectivity index is 2.40. The second-order valence-corrected chi connectivity index (χ2v) is 5.01. The van der Waals surface area contributed by atoms with Gasteiger partial charge < -0.3 is 10.3 Å². The van der Waals surface area contributed by atoms with Crippen molar-refractivity contribution in [3.05, 3.63) is 33.5 Å². The van der Waals surface area contributed by atoms with Crippen LogP contribution in [0.3, 0.4) is 0 Å². The van der Waals surface area contributed by atoms with Crippen molar-refractivity contribution in [3.63, 3.8) is 0 Å². The van der Waals surface area contributed by atoms with Crippen molar-refractivity contribution in [1.29, 1.82) is 0 Å². The van der Waals surface area contributed by atoms with Crippen molar-refractivity contribution in [2.45, 2.75) is 12.8 Å². The Morgan fingerprint density at radius 3 is 3.00 bits per heavy atom. The molecule has 1 unspecified atom stereocenters. The van der Waals surface area contributed by atoms with Crippen molar-refractivity contribution in [3.8, 4) is 11.5 Å². The summed E-state index contributed by atoms with van der Waals surface area (Å²) >= 11 is 9.35. The molecule has 1 heterocycles. The van der Waals surface area contributed by atoms with Gasteiger partial charge in [0.25, 0.3) is 5.89 Å². The van der Waals surface area contributed by atoms with Crippen LogP contribution in [0.25, 0.3) is 11.5 Å². The number of halogens is 2. The number of nitrogens with two attached hydrogens (primary N) is 1. The van der Waals surface area contributed by atoms with Gasteiger partial charge >= 0.3 is 0 Å². The standard InChI is InChI=1S/C11H11BrClN3O/c1-6(5-14)10-15-11(17-16-10)8-4-7(13)2-3-9(8)12/h2-4,6H,5,14H2,1H3. The third-order valence-electron chi connectivity index (χ3n) is 2.39. The zero-order chi connectivity index (χ0) is 12.4. The Kier molecular flexibility index (Phi) is 3.81. The van der Waals surface area contributed by atoms with Crippen molar-refractivity contribution in [1.82, 2.24) is 10.1 Å². The summed E-state index contributed by atoms with van der Waals surface area (Å²) in [7, 11) is 0. The van der Waals surface area contributed by atoms with Gasteiger partial charge in [-0.15, -0.1) is 0 Å². The molecule has 2 aromatic rings. The Bertz CT molecular complexity index is 529. The first kappa shape index (κ1) is 12.5. The fraction of sp³-hybridized carbons (Fsp3) is 0.273. The lowest BCUT2D eigenvalue weighted by Gasteiger charge is -2.00. The smallest absolute Gasteiger partial charge is 0.259 e. The van der Waals surface area contributed by atoms with Gasteiger partial charge in [-0.25, -0.2) is 0 Å². The summed E-state index contributed by atoms with van der Waals surface area (Å²) in [6, 6.07) is 5.40. The first-order chi connectivity index (χ1) is 8.11. The Labute approximate surface area is 112 Å². The van der Waals surface area contributed by atoms with Gasteiger partial charge in [-0.2, -0.15) is 4.98 Å². The first-order valence-corrected chi connectivity index (χ1v) is 6.28. The minimum Gasteiger partial charge on any atom is -0.334 e. The van der Waals surface area contributed by atoms with Gasteiger partial charge in [0, 0.05) is 22.0 Å². The van der Waals surface area contributed by atoms with E-state index in [2.05, 4.69) is 26.1 Å². The third-order valence-corrected chi connectivity index (χ3v) is 3.32. The van der Waals surface area contributed by atoms with E-state index < -0.39 is 0 Å². The lowest BCUT2D eigenvalue weighted by molar-refractivity contribution is 0.417. The molecule has 1 aromatic heterocycles. The molecule has 0 radical (unpaired) electrons. The van der Waals surface area contributed by atoms with E-state index in [1.165, 1.54) is 0 Å². The molecule has 17 heavy (non-hydrogen) atoms. The van der Waals surface area contributed by atoms with Crippen LogP contribution in [-0.4, -0.2) is 16.7 Å². The van der Waals surface area contributed by atoms with Gasteiger partial charge in [-0.05, 0) is 34.1 Å². The molecule has 90 valence electrons. The van der Waals surface area contributed by atoms with Gasteiger partial charge in [0.1, 0.15) is 0 Å². The van der Waals surface area contributed by atoms with Gasteiger partial charge in [-0.1, -0.05) is 23.7 Å². The molecular weight excluding hydrogens is 305 g/mol. The highest BCUT2D eigenvalue weighted by Gasteiger charge is 2.15. The molecule has 0 saturated carbocycles. The molecule has 0 bridgehead atoms. The summed E-state index contributed by atoms with van der Waals surface area (Å²) in [5.74, 6) is 1.12. The number of aromatic nitrogens is 2. The average molecular weight is 317 g/mol. The van der Waals surface area contributed by atoms with Crippen LogP contribution in [0.4, 0.5) is 0 Å². The lowest BCUT2D eigenvalue weighted by atomic mass is 10.2. The molecule has 0 aliphatic carbocycles. The van der Waals surface area contributed by atoms with Crippen LogP contribution in [0.2, 0.25) is 5.02 Å². The molecular formula is C11H11BrClN3O. The van der Waals surface area contributed by atoms with E-state index in [1.807, 2.05) is 13.0 Å². The topological polar surface area (TPSA) is 64.9 Å². The predicted octanol–water partition coefficient (Wildman–Crippen LogP) is 3.21.